The topological polar surface area (TPSA) is 140 Å². The van der Waals surface area contributed by atoms with Crippen LogP contribution in [0.2, 0.25) is 0 Å². The highest BCUT2D eigenvalue weighted by atomic mass is 32.1. The zero-order valence-electron chi connectivity index (χ0n) is 27.4. The van der Waals surface area contributed by atoms with Crippen LogP contribution < -0.4 is 10.1 Å². The molecule has 3 aliphatic rings. The van der Waals surface area contributed by atoms with Gasteiger partial charge in [0.15, 0.2) is 5.78 Å². The maximum atomic E-state index is 14.6. The first kappa shape index (κ1) is 32.7. The molecule has 2 aromatic carbocycles. The number of nitrogens with one attached hydrogen (secondary N) is 1. The van der Waals surface area contributed by atoms with Gasteiger partial charge < -0.3 is 20.1 Å². The van der Waals surface area contributed by atoms with Gasteiger partial charge in [-0.3, -0.25) is 14.4 Å². The fourth-order valence-electron chi connectivity index (χ4n) is 7.22. The molecular formula is C37H40N6O5S. The lowest BCUT2D eigenvalue weighted by Crippen LogP contribution is -2.48. The number of rotatable bonds is 7. The van der Waals surface area contributed by atoms with E-state index in [2.05, 4.69) is 16.4 Å². The Kier molecular flexibility index (Phi) is 9.31. The number of ketones is 1. The Morgan fingerprint density at radius 2 is 1.84 bits per heavy atom. The summed E-state index contributed by atoms with van der Waals surface area (Å²) in [5.41, 5.74) is 1.79. The van der Waals surface area contributed by atoms with Crippen LogP contribution in [-0.4, -0.2) is 73.4 Å². The number of carbonyl (C=O) groups is 3. The summed E-state index contributed by atoms with van der Waals surface area (Å²) in [5, 5.41) is 26.2. The molecule has 1 saturated heterocycles. The molecule has 4 heterocycles. The zero-order chi connectivity index (χ0) is 34.0. The van der Waals surface area contributed by atoms with Gasteiger partial charge in [-0.15, -0.1) is 16.4 Å². The van der Waals surface area contributed by atoms with Gasteiger partial charge in [0.2, 0.25) is 5.91 Å². The summed E-state index contributed by atoms with van der Waals surface area (Å²) in [4.78, 5) is 49.1. The van der Waals surface area contributed by atoms with Crippen molar-refractivity contribution in [1.29, 1.82) is 0 Å². The number of nitrogens with zero attached hydrogens (tertiary/aromatic N) is 5. The summed E-state index contributed by atoms with van der Waals surface area (Å²) in [6.07, 6.45) is 10.5. The molecule has 0 radical (unpaired) electrons. The number of fused-ring (bicyclic) bond motifs is 2. The number of Topliss-reactive ketones (excluding diaryl/α,β-unsaturated/α-hetero) is 1. The molecule has 2 N–H and O–H groups in total. The summed E-state index contributed by atoms with van der Waals surface area (Å²) in [5.74, 6) is -0.826. The van der Waals surface area contributed by atoms with Crippen molar-refractivity contribution in [3.05, 3.63) is 78.3 Å². The largest absolute Gasteiger partial charge is 0.497 e. The summed E-state index contributed by atoms with van der Waals surface area (Å²) in [7, 11) is 1.62. The van der Waals surface area contributed by atoms with Gasteiger partial charge in [-0.2, -0.15) is 9.90 Å². The van der Waals surface area contributed by atoms with E-state index in [1.165, 1.54) is 11.3 Å². The van der Waals surface area contributed by atoms with E-state index in [9.17, 15) is 19.5 Å². The zero-order valence-corrected chi connectivity index (χ0v) is 28.2. The molecule has 7 rings (SSSR count). The lowest BCUT2D eigenvalue weighted by molar-refractivity contribution is -0.147. The van der Waals surface area contributed by atoms with Gasteiger partial charge in [-0.25, -0.2) is 4.98 Å². The second kappa shape index (κ2) is 13.9. The lowest BCUT2D eigenvalue weighted by Gasteiger charge is -2.29. The highest BCUT2D eigenvalue weighted by Crippen LogP contribution is 2.57. The van der Waals surface area contributed by atoms with E-state index in [4.69, 9.17) is 14.9 Å². The quantitative estimate of drug-likeness (QED) is 0.216. The fraction of sp³-hybridized carbons (Fsp3) is 0.405. The normalized spacial score (nSPS) is 26.6. The predicted molar refractivity (Wildman–Crippen MR) is 186 cm³/mol. The molecule has 2 fully saturated rings. The third-order valence-corrected chi connectivity index (χ3v) is 10.9. The number of carbonyl (C=O) groups excluding carboxylic acids is 2. The van der Waals surface area contributed by atoms with Gasteiger partial charge in [0, 0.05) is 42.2 Å². The highest BCUT2D eigenvalue weighted by molar-refractivity contribution is 7.13. The van der Waals surface area contributed by atoms with Crippen molar-refractivity contribution >= 4 is 34.7 Å². The Bertz CT molecular complexity index is 1830. The van der Waals surface area contributed by atoms with Gasteiger partial charge in [0.05, 0.1) is 24.6 Å². The number of hydrogen-bond donors (Lipinski definition) is 2. The van der Waals surface area contributed by atoms with E-state index in [1.54, 1.807) is 23.0 Å². The highest BCUT2D eigenvalue weighted by Gasteiger charge is 2.61. The maximum Gasteiger partial charge on any atom is 0.310 e. The van der Waals surface area contributed by atoms with Crippen LogP contribution in [0.1, 0.15) is 57.4 Å². The average Bonchev–Trinajstić information content (AvgIpc) is 3.57. The van der Waals surface area contributed by atoms with Crippen LogP contribution in [-0.2, 0) is 14.4 Å². The molecule has 49 heavy (non-hydrogen) atoms. The fourth-order valence-corrected chi connectivity index (χ4v) is 7.84. The minimum Gasteiger partial charge on any atom is -0.497 e. The van der Waals surface area contributed by atoms with E-state index in [0.717, 1.165) is 42.7 Å². The van der Waals surface area contributed by atoms with Crippen molar-refractivity contribution in [2.24, 2.45) is 11.3 Å². The van der Waals surface area contributed by atoms with E-state index in [1.807, 2.05) is 66.1 Å². The predicted octanol–water partition coefficient (Wildman–Crippen LogP) is 6.27. The van der Waals surface area contributed by atoms with Gasteiger partial charge in [0.1, 0.15) is 28.2 Å². The number of para-hydroxylation sites is 1. The molecule has 5 atom stereocenters. The summed E-state index contributed by atoms with van der Waals surface area (Å²) >= 11 is 1.46. The summed E-state index contributed by atoms with van der Waals surface area (Å²) in [6.45, 7) is 0.222. The number of benzene rings is 2. The molecular weight excluding hydrogens is 641 g/mol. The third kappa shape index (κ3) is 6.74. The summed E-state index contributed by atoms with van der Waals surface area (Å²) in [6, 6.07) is 15.4. The van der Waals surface area contributed by atoms with Crippen LogP contribution in [0.4, 0.5) is 5.69 Å². The molecule has 0 bridgehead atoms. The number of aromatic nitrogens is 4. The number of anilines is 1. The minimum atomic E-state index is -1.13. The minimum absolute atomic E-state index is 0.122. The molecule has 1 amide bonds. The molecule has 254 valence electrons. The number of allylic oxidation sites excluding steroid dienone is 2. The van der Waals surface area contributed by atoms with Crippen LogP contribution in [0.5, 0.6) is 5.75 Å². The molecule has 11 nitrogen and oxygen atoms in total. The van der Waals surface area contributed by atoms with Crippen LogP contribution in [0.15, 0.2) is 78.3 Å². The number of hydrogen-bond acceptors (Lipinski definition) is 9. The van der Waals surface area contributed by atoms with Crippen molar-refractivity contribution in [2.75, 3.05) is 19.0 Å². The number of carboxylic acids is 1. The van der Waals surface area contributed by atoms with Crippen LogP contribution in [0, 0.1) is 11.3 Å². The summed E-state index contributed by atoms with van der Waals surface area (Å²) < 4.78 is 5.35. The van der Waals surface area contributed by atoms with Crippen LogP contribution in [0.25, 0.3) is 22.0 Å². The number of thiazole rings is 1. The van der Waals surface area contributed by atoms with Crippen molar-refractivity contribution in [3.63, 3.8) is 0 Å². The molecule has 0 unspecified atom stereocenters. The van der Waals surface area contributed by atoms with Crippen molar-refractivity contribution in [1.82, 2.24) is 24.9 Å². The Morgan fingerprint density at radius 1 is 1.04 bits per heavy atom. The van der Waals surface area contributed by atoms with Gasteiger partial charge in [-0.05, 0) is 68.0 Å². The molecule has 1 aliphatic carbocycles. The monoisotopic (exact) mass is 680 g/mol. The number of carboxylic acid groups (broad SMARTS) is 1. The van der Waals surface area contributed by atoms with Crippen molar-refractivity contribution < 1.29 is 24.2 Å². The second-order valence-electron chi connectivity index (χ2n) is 13.2. The Labute approximate surface area is 289 Å². The smallest absolute Gasteiger partial charge is 0.310 e. The number of amides is 1. The number of methoxy groups -OCH3 is 1. The van der Waals surface area contributed by atoms with E-state index in [0.29, 0.717) is 29.2 Å². The first-order valence-electron chi connectivity index (χ1n) is 16.9. The van der Waals surface area contributed by atoms with E-state index >= 15 is 0 Å². The lowest BCUT2D eigenvalue weighted by atomic mass is 9.91. The molecule has 12 heteroatoms. The van der Waals surface area contributed by atoms with Gasteiger partial charge >= 0.3 is 5.97 Å². The maximum absolute atomic E-state index is 14.6. The van der Waals surface area contributed by atoms with Gasteiger partial charge in [0.25, 0.3) is 0 Å². The van der Waals surface area contributed by atoms with Gasteiger partial charge in [-0.1, -0.05) is 43.2 Å². The van der Waals surface area contributed by atoms with Crippen LogP contribution >= 0.6 is 11.3 Å². The Balaban J connectivity index is 1.24. The number of ether oxygens (including phenoxy) is 1. The standard InChI is InChI=1S/C37H40N6O5S/c1-48-28-16-14-24(15-17-28)32-33(34-38-18-19-49-34)41-43(40-32)27-20-30-31(44)22-37(36(46)47)21-25(37)10-6-3-2-4-9-13-29(35(45)42(30)23-27)39-26-11-7-5-8-12-26/h5-8,10-12,14-19,25,27,29-30,39H,2-4,9,13,20-23H2,1H3,(H,46,47)/b10-6-/t25-,27-,29+,30+,37-/m1/s1. The SMILES string of the molecule is COc1ccc(-c2nn([C@@H]3C[C@H]4C(=O)C[C@]5(C(=O)O)C[C@H]5/C=C\CCCCC[C@H](Nc5ccccc5)C(=O)N4C3)nc2-c2nccs2)cc1. The first-order chi connectivity index (χ1) is 23.9. The molecule has 4 aromatic rings. The Hall–Kier alpha value is -4.84. The molecule has 2 aliphatic heterocycles. The molecule has 0 spiro atoms. The van der Waals surface area contributed by atoms with Crippen LogP contribution in [0.3, 0.4) is 0 Å². The third-order valence-electron chi connectivity index (χ3n) is 10.1. The Morgan fingerprint density at radius 3 is 2.57 bits per heavy atom. The second-order valence-corrected chi connectivity index (χ2v) is 14.1. The number of aliphatic carboxylic acids is 1. The average molecular weight is 681 g/mol. The molecule has 2 aromatic heterocycles. The van der Waals surface area contributed by atoms with E-state index in [-0.39, 0.29) is 37.0 Å². The molecule has 1 saturated carbocycles. The van der Waals surface area contributed by atoms with Crippen molar-refractivity contribution in [2.45, 2.75) is 69.5 Å². The first-order valence-corrected chi connectivity index (χ1v) is 17.8. The van der Waals surface area contributed by atoms with Crippen molar-refractivity contribution in [3.8, 4) is 27.7 Å². The van der Waals surface area contributed by atoms with E-state index < -0.39 is 29.5 Å².